The zero-order valence-electron chi connectivity index (χ0n) is 25.8. The molecule has 2 heterocycles. The number of nitrogens with zero attached hydrogens (tertiary/aromatic N) is 3. The predicted octanol–water partition coefficient (Wildman–Crippen LogP) is 7.41. The van der Waals surface area contributed by atoms with Crippen LogP contribution < -0.4 is 16.2 Å². The van der Waals surface area contributed by atoms with Crippen molar-refractivity contribution in [2.75, 3.05) is 5.43 Å². The SMILES string of the molecule is CC.CCCC1(NC(=O)OC(C)(C)C)CCC(C)(C(=O)NNc2cnc3c(ccn3Sc3ccc(C)cc3)n2)CC1. The summed E-state index contributed by atoms with van der Waals surface area (Å²) >= 11 is 1.57. The zero-order chi connectivity index (χ0) is 30.3. The molecule has 224 valence electrons. The number of aromatic nitrogens is 3. The van der Waals surface area contributed by atoms with Gasteiger partial charge in [0.15, 0.2) is 11.5 Å². The molecule has 0 saturated heterocycles. The van der Waals surface area contributed by atoms with E-state index in [1.807, 2.05) is 57.8 Å². The Morgan fingerprint density at radius 1 is 1.07 bits per heavy atom. The highest BCUT2D eigenvalue weighted by molar-refractivity contribution is 7.98. The minimum Gasteiger partial charge on any atom is -0.444 e. The second-order valence-corrected chi connectivity index (χ2v) is 12.9. The summed E-state index contributed by atoms with van der Waals surface area (Å²) in [6.45, 7) is 15.7. The fourth-order valence-electron chi connectivity index (χ4n) is 4.95. The number of fused-ring (bicyclic) bond motifs is 1. The summed E-state index contributed by atoms with van der Waals surface area (Å²) in [5, 5.41) is 3.13. The molecule has 9 nitrogen and oxygen atoms in total. The highest BCUT2D eigenvalue weighted by Gasteiger charge is 2.45. The van der Waals surface area contributed by atoms with Crippen molar-refractivity contribution in [3.8, 4) is 0 Å². The summed E-state index contributed by atoms with van der Waals surface area (Å²) in [7, 11) is 0. The standard InChI is InChI=1S/C29H40N6O3S.C2H6/c1-7-13-29(32-26(37)38-27(3,4)5)16-14-28(6,15-17-29)25(36)34-33-23-19-30-24-22(31-23)12-18-35(24)39-21-10-8-20(2)9-11-21;1-2/h8-12,18-19H,7,13-17H2,1-6H3,(H,31,33)(H,32,37)(H,34,36);1-2H3. The fourth-order valence-corrected chi connectivity index (χ4v) is 5.78. The van der Waals surface area contributed by atoms with E-state index < -0.39 is 17.1 Å². The largest absolute Gasteiger partial charge is 0.444 e. The lowest BCUT2D eigenvalue weighted by Gasteiger charge is -2.44. The van der Waals surface area contributed by atoms with Crippen LogP contribution in [0.25, 0.3) is 11.2 Å². The Labute approximate surface area is 248 Å². The first-order chi connectivity index (χ1) is 19.4. The van der Waals surface area contributed by atoms with E-state index >= 15 is 0 Å². The molecule has 10 heteroatoms. The molecule has 0 radical (unpaired) electrons. The summed E-state index contributed by atoms with van der Waals surface area (Å²) in [5.41, 5.74) is 7.01. The molecule has 3 N–H and O–H groups in total. The van der Waals surface area contributed by atoms with Crippen LogP contribution in [0.15, 0.2) is 47.6 Å². The molecular weight excluding hydrogens is 536 g/mol. The monoisotopic (exact) mass is 582 g/mol. The van der Waals surface area contributed by atoms with Gasteiger partial charge in [-0.05, 0) is 89.9 Å². The number of hydrogen-bond acceptors (Lipinski definition) is 7. The molecule has 0 bridgehead atoms. The second-order valence-electron chi connectivity index (χ2n) is 11.8. The summed E-state index contributed by atoms with van der Waals surface area (Å²) in [5.74, 6) is 0.375. The molecule has 3 aromatic rings. The molecule has 1 aliphatic carbocycles. The summed E-state index contributed by atoms with van der Waals surface area (Å²) in [6.07, 6.45) is 7.67. The number of rotatable bonds is 8. The smallest absolute Gasteiger partial charge is 0.408 e. The molecule has 1 aliphatic rings. The maximum atomic E-state index is 13.2. The van der Waals surface area contributed by atoms with Crippen molar-refractivity contribution in [2.45, 2.75) is 110 Å². The topological polar surface area (TPSA) is 110 Å². The molecule has 1 saturated carbocycles. The van der Waals surface area contributed by atoms with Crippen LogP contribution >= 0.6 is 11.9 Å². The number of amides is 2. The lowest BCUT2D eigenvalue weighted by molar-refractivity contribution is -0.132. The number of ether oxygens (including phenoxy) is 1. The van der Waals surface area contributed by atoms with Gasteiger partial charge in [0.05, 0.1) is 6.20 Å². The number of alkyl carbamates (subject to hydrolysis) is 1. The van der Waals surface area contributed by atoms with Gasteiger partial charge in [-0.1, -0.05) is 51.8 Å². The van der Waals surface area contributed by atoms with Crippen LogP contribution in [0.4, 0.5) is 10.6 Å². The third-order valence-electron chi connectivity index (χ3n) is 7.24. The van der Waals surface area contributed by atoms with Crippen LogP contribution in [0.1, 0.15) is 92.6 Å². The number of carbonyl (C=O) groups is 2. The molecule has 4 rings (SSSR count). The van der Waals surface area contributed by atoms with Crippen molar-refractivity contribution in [2.24, 2.45) is 5.41 Å². The molecule has 1 fully saturated rings. The Morgan fingerprint density at radius 2 is 1.73 bits per heavy atom. The Morgan fingerprint density at radius 3 is 2.34 bits per heavy atom. The summed E-state index contributed by atoms with van der Waals surface area (Å²) in [4.78, 5) is 36.0. The van der Waals surface area contributed by atoms with E-state index in [9.17, 15) is 9.59 Å². The van der Waals surface area contributed by atoms with Gasteiger partial charge in [-0.3, -0.25) is 19.6 Å². The number of hydrogen-bond donors (Lipinski definition) is 3. The maximum absolute atomic E-state index is 13.2. The van der Waals surface area contributed by atoms with Gasteiger partial charge in [0.25, 0.3) is 0 Å². The van der Waals surface area contributed by atoms with Gasteiger partial charge in [0.1, 0.15) is 11.1 Å². The van der Waals surface area contributed by atoms with Crippen molar-refractivity contribution in [1.82, 2.24) is 24.7 Å². The van der Waals surface area contributed by atoms with Gasteiger partial charge < -0.3 is 10.1 Å². The van der Waals surface area contributed by atoms with E-state index in [4.69, 9.17) is 4.74 Å². The van der Waals surface area contributed by atoms with Crippen LogP contribution in [-0.4, -0.2) is 37.1 Å². The van der Waals surface area contributed by atoms with E-state index in [0.29, 0.717) is 31.5 Å². The van der Waals surface area contributed by atoms with Crippen molar-refractivity contribution >= 4 is 40.9 Å². The van der Waals surface area contributed by atoms with Crippen LogP contribution in [-0.2, 0) is 9.53 Å². The van der Waals surface area contributed by atoms with E-state index in [2.05, 4.69) is 64.2 Å². The van der Waals surface area contributed by atoms with Crippen molar-refractivity contribution in [1.29, 1.82) is 0 Å². The first-order valence-electron chi connectivity index (χ1n) is 14.6. The van der Waals surface area contributed by atoms with E-state index in [0.717, 1.165) is 28.9 Å². The Kier molecular flexibility index (Phi) is 10.7. The van der Waals surface area contributed by atoms with Crippen molar-refractivity contribution < 1.29 is 14.3 Å². The average Bonchev–Trinajstić information content (AvgIpc) is 3.32. The zero-order valence-corrected chi connectivity index (χ0v) is 26.6. The first-order valence-corrected chi connectivity index (χ1v) is 15.3. The molecule has 41 heavy (non-hydrogen) atoms. The first kappa shape index (κ1) is 32.2. The number of hydrazine groups is 1. The van der Waals surface area contributed by atoms with Crippen LogP contribution in [0, 0.1) is 12.3 Å². The van der Waals surface area contributed by atoms with Gasteiger partial charge in [-0.25, -0.2) is 14.8 Å². The molecule has 0 spiro atoms. The quantitative estimate of drug-likeness (QED) is 0.237. The molecule has 1 aromatic carbocycles. The lowest BCUT2D eigenvalue weighted by Crippen LogP contribution is -2.55. The summed E-state index contributed by atoms with van der Waals surface area (Å²) < 4.78 is 7.49. The molecule has 0 atom stereocenters. The Hall–Kier alpha value is -3.27. The lowest BCUT2D eigenvalue weighted by atomic mass is 9.66. The number of carbonyl (C=O) groups excluding carboxylic acids is 2. The molecular formula is C31H46N6O3S. The minimum absolute atomic E-state index is 0.0979. The predicted molar refractivity (Wildman–Crippen MR) is 167 cm³/mol. The van der Waals surface area contributed by atoms with Crippen molar-refractivity contribution in [3.63, 3.8) is 0 Å². The number of aryl methyl sites for hydroxylation is 1. The molecule has 2 aromatic heterocycles. The second kappa shape index (κ2) is 13.6. The van der Waals surface area contributed by atoms with Gasteiger partial charge in [0.2, 0.25) is 5.91 Å². The number of anilines is 1. The molecule has 0 aliphatic heterocycles. The molecule has 0 unspecified atom stereocenters. The number of benzene rings is 1. The third kappa shape index (κ3) is 8.61. The van der Waals surface area contributed by atoms with E-state index in [1.54, 1.807) is 18.1 Å². The fraction of sp³-hybridized carbons (Fsp3) is 0.548. The van der Waals surface area contributed by atoms with E-state index in [1.165, 1.54) is 5.56 Å². The van der Waals surface area contributed by atoms with Crippen molar-refractivity contribution in [3.05, 3.63) is 48.3 Å². The van der Waals surface area contributed by atoms with Gasteiger partial charge in [-0.15, -0.1) is 0 Å². The third-order valence-corrected chi connectivity index (χ3v) is 8.21. The van der Waals surface area contributed by atoms with Crippen LogP contribution in [0.2, 0.25) is 0 Å². The molecule has 2 amide bonds. The van der Waals surface area contributed by atoms with Crippen LogP contribution in [0.5, 0.6) is 0 Å². The number of nitrogens with one attached hydrogen (secondary N) is 3. The van der Waals surface area contributed by atoms with E-state index in [-0.39, 0.29) is 11.4 Å². The highest BCUT2D eigenvalue weighted by Crippen LogP contribution is 2.43. The van der Waals surface area contributed by atoms with Crippen LogP contribution in [0.3, 0.4) is 0 Å². The Balaban J connectivity index is 0.00000226. The highest BCUT2D eigenvalue weighted by atomic mass is 32.2. The van der Waals surface area contributed by atoms with Gasteiger partial charge in [0, 0.05) is 22.0 Å². The normalized spacial score (nSPS) is 20.5. The van der Waals surface area contributed by atoms with Gasteiger partial charge >= 0.3 is 6.09 Å². The van der Waals surface area contributed by atoms with Gasteiger partial charge in [-0.2, -0.15) is 0 Å². The maximum Gasteiger partial charge on any atom is 0.408 e. The minimum atomic E-state index is -0.564. The summed E-state index contributed by atoms with van der Waals surface area (Å²) in [6, 6.07) is 10.2. The Bertz CT molecular complexity index is 1310. The average molecular weight is 583 g/mol.